The van der Waals surface area contributed by atoms with Gasteiger partial charge in [0, 0.05) is 6.54 Å². The Morgan fingerprint density at radius 1 is 1.11 bits per heavy atom. The highest BCUT2D eigenvalue weighted by Gasteiger charge is 2.33. The van der Waals surface area contributed by atoms with Crippen LogP contribution in [0.15, 0.2) is 24.3 Å². The molecule has 1 unspecified atom stereocenters. The first-order valence-corrected chi connectivity index (χ1v) is 9.36. The third-order valence-corrected chi connectivity index (χ3v) is 4.94. The fraction of sp³-hybridized carbons (Fsp3) is 0.667. The van der Waals surface area contributed by atoms with E-state index in [1.54, 1.807) is 18.2 Å². The van der Waals surface area contributed by atoms with Crippen molar-refractivity contribution in [2.24, 2.45) is 5.92 Å². The molecular weight excluding hydrogens is 337 g/mol. The summed E-state index contributed by atoms with van der Waals surface area (Å²) in [5, 5.41) is 27.5. The molecule has 0 bridgehead atoms. The molecule has 0 heterocycles. The molecule has 1 fully saturated rings. The summed E-state index contributed by atoms with van der Waals surface area (Å²) in [5.41, 5.74) is 0.631. The standard InChI is InChI=1S/C18H25B4NO4/c19-17(20,21)23(18(22,25)26)10-9-16(24)14-7-4-8-15(11-14)27-12-13-5-2-1-3-6-13/h4,7-8,11,13,16,24-26H,1-3,5-6,9-10,12H2. The lowest BCUT2D eigenvalue weighted by atomic mass is 9.47. The fourth-order valence-electron chi connectivity index (χ4n) is 3.44. The van der Waals surface area contributed by atoms with E-state index in [0.29, 0.717) is 28.7 Å². The molecule has 0 amide bonds. The van der Waals surface area contributed by atoms with Gasteiger partial charge in [0.1, 0.15) is 5.75 Å². The van der Waals surface area contributed by atoms with Crippen LogP contribution in [0.25, 0.3) is 0 Å². The van der Waals surface area contributed by atoms with Crippen LogP contribution in [-0.4, -0.2) is 75.8 Å². The van der Waals surface area contributed by atoms with Crippen LogP contribution in [0.3, 0.4) is 0 Å². The molecule has 0 aliphatic heterocycles. The zero-order valence-electron chi connectivity index (χ0n) is 15.6. The summed E-state index contributed by atoms with van der Waals surface area (Å²) in [6.45, 7) is 0.537. The Hall–Kier alpha value is -0.880. The van der Waals surface area contributed by atoms with E-state index in [0.717, 1.165) is 0 Å². The topological polar surface area (TPSA) is 73.2 Å². The minimum absolute atomic E-state index is 0.0828. The highest BCUT2D eigenvalue weighted by Crippen LogP contribution is 2.27. The molecule has 1 atom stereocenters. The molecule has 1 aliphatic carbocycles. The Bertz CT molecular complexity index is 571. The van der Waals surface area contributed by atoms with E-state index in [1.807, 2.05) is 6.07 Å². The fourth-order valence-corrected chi connectivity index (χ4v) is 3.44. The number of nitrogens with zero attached hydrogens (tertiary/aromatic N) is 1. The van der Waals surface area contributed by atoms with Crippen molar-refractivity contribution in [3.05, 3.63) is 29.8 Å². The summed E-state index contributed by atoms with van der Waals surface area (Å²) in [6.07, 6.45) is 5.38. The summed E-state index contributed by atoms with van der Waals surface area (Å²) in [4.78, 5) is 0.687. The number of ether oxygens (including phenoxy) is 1. The van der Waals surface area contributed by atoms with Gasteiger partial charge in [0.15, 0.2) is 13.7 Å². The molecule has 0 saturated heterocycles. The average molecular weight is 363 g/mol. The average Bonchev–Trinajstić information content (AvgIpc) is 2.59. The number of rotatable bonds is 9. The third kappa shape index (κ3) is 7.22. The lowest BCUT2D eigenvalue weighted by Gasteiger charge is -2.45. The Morgan fingerprint density at radius 3 is 2.37 bits per heavy atom. The molecule has 0 spiro atoms. The van der Waals surface area contributed by atoms with Crippen molar-refractivity contribution in [2.75, 3.05) is 13.2 Å². The first kappa shape index (κ1) is 22.4. The maximum absolute atomic E-state index is 10.4. The molecular formula is C18H25B4NO4. The molecule has 0 aromatic heterocycles. The van der Waals surface area contributed by atoms with E-state index in [1.165, 1.54) is 32.1 Å². The summed E-state index contributed by atoms with van der Waals surface area (Å²) in [7, 11) is 21.7. The lowest BCUT2D eigenvalue weighted by Crippen LogP contribution is -2.63. The van der Waals surface area contributed by atoms with Crippen LogP contribution in [0, 0.1) is 5.92 Å². The molecule has 5 nitrogen and oxygen atoms in total. The van der Waals surface area contributed by atoms with Gasteiger partial charge in [0.2, 0.25) is 0 Å². The van der Waals surface area contributed by atoms with Gasteiger partial charge in [0.25, 0.3) is 0 Å². The summed E-state index contributed by atoms with van der Waals surface area (Å²) in [5.74, 6) is -1.53. The molecule has 1 aliphatic rings. The van der Waals surface area contributed by atoms with Gasteiger partial charge < -0.3 is 20.1 Å². The lowest BCUT2D eigenvalue weighted by molar-refractivity contribution is -0.201. The molecule has 3 N–H and O–H groups in total. The molecule has 9 heteroatoms. The van der Waals surface area contributed by atoms with Crippen LogP contribution in [0.5, 0.6) is 5.75 Å². The Morgan fingerprint density at radius 2 is 1.78 bits per heavy atom. The van der Waals surface area contributed by atoms with Crippen molar-refractivity contribution in [3.8, 4) is 5.75 Å². The van der Waals surface area contributed by atoms with E-state index in [-0.39, 0.29) is 13.0 Å². The first-order chi connectivity index (χ1) is 12.6. The van der Waals surface area contributed by atoms with E-state index in [4.69, 9.17) is 36.1 Å². The number of hydrogen-bond donors (Lipinski definition) is 3. The van der Waals surface area contributed by atoms with Crippen LogP contribution in [0.2, 0.25) is 0 Å². The highest BCUT2D eigenvalue weighted by atomic mass is 16.5. The van der Waals surface area contributed by atoms with Crippen molar-refractivity contribution in [1.82, 2.24) is 4.90 Å². The van der Waals surface area contributed by atoms with Crippen LogP contribution in [0.4, 0.5) is 0 Å². The zero-order valence-corrected chi connectivity index (χ0v) is 15.6. The molecule has 1 aromatic rings. The molecule has 1 aromatic carbocycles. The van der Waals surface area contributed by atoms with E-state index in [2.05, 4.69) is 0 Å². The second-order valence-corrected chi connectivity index (χ2v) is 7.42. The first-order valence-electron chi connectivity index (χ1n) is 9.36. The van der Waals surface area contributed by atoms with Crippen molar-refractivity contribution in [1.29, 1.82) is 0 Å². The highest BCUT2D eigenvalue weighted by molar-refractivity contribution is 6.59. The second-order valence-electron chi connectivity index (χ2n) is 7.42. The summed E-state index contributed by atoms with van der Waals surface area (Å²) < 4.78 is 5.89. The van der Waals surface area contributed by atoms with Gasteiger partial charge in [-0.15, -0.1) is 0 Å². The third-order valence-electron chi connectivity index (χ3n) is 4.94. The van der Waals surface area contributed by atoms with E-state index >= 15 is 0 Å². The Labute approximate surface area is 167 Å². The van der Waals surface area contributed by atoms with Gasteiger partial charge in [-0.05, 0) is 42.9 Å². The number of hydrogen-bond acceptors (Lipinski definition) is 5. The molecule has 138 valence electrons. The van der Waals surface area contributed by atoms with Gasteiger partial charge in [0.05, 0.1) is 36.2 Å². The molecule has 2 rings (SSSR count). The van der Waals surface area contributed by atoms with Crippen LogP contribution in [0.1, 0.15) is 50.2 Å². The van der Waals surface area contributed by atoms with Crippen molar-refractivity contribution in [3.63, 3.8) is 0 Å². The van der Waals surface area contributed by atoms with E-state index in [9.17, 15) is 15.3 Å². The number of aliphatic hydroxyl groups is 3. The monoisotopic (exact) mass is 363 g/mol. The van der Waals surface area contributed by atoms with Crippen LogP contribution >= 0.6 is 0 Å². The van der Waals surface area contributed by atoms with Crippen molar-refractivity contribution >= 4 is 31.4 Å². The smallest absolute Gasteiger partial charge is 0.178 e. The van der Waals surface area contributed by atoms with E-state index < -0.39 is 17.2 Å². The quantitative estimate of drug-likeness (QED) is 0.434. The minimum Gasteiger partial charge on any atom is -0.493 e. The van der Waals surface area contributed by atoms with Crippen LogP contribution in [-0.2, 0) is 0 Å². The largest absolute Gasteiger partial charge is 0.493 e. The van der Waals surface area contributed by atoms with Gasteiger partial charge >= 0.3 is 0 Å². The number of benzene rings is 1. The summed E-state index contributed by atoms with van der Waals surface area (Å²) >= 11 is 0. The molecule has 8 radical (unpaired) electrons. The molecule has 27 heavy (non-hydrogen) atoms. The summed E-state index contributed by atoms with van der Waals surface area (Å²) in [6, 6.07) is 7.18. The Balaban J connectivity index is 1.92. The van der Waals surface area contributed by atoms with Gasteiger partial charge in [-0.25, -0.2) is 0 Å². The van der Waals surface area contributed by atoms with Gasteiger partial charge in [-0.1, -0.05) is 36.6 Å². The zero-order chi connectivity index (χ0) is 20.1. The normalized spacial score (nSPS) is 17.8. The van der Waals surface area contributed by atoms with Gasteiger partial charge in [-0.2, -0.15) is 0 Å². The predicted molar refractivity (Wildman–Crippen MR) is 108 cm³/mol. The van der Waals surface area contributed by atoms with Gasteiger partial charge in [-0.3, -0.25) is 4.90 Å². The molecule has 1 saturated carbocycles. The maximum atomic E-state index is 10.4. The number of aliphatic hydroxyl groups excluding tert-OH is 1. The second kappa shape index (κ2) is 9.55. The van der Waals surface area contributed by atoms with Crippen molar-refractivity contribution in [2.45, 2.75) is 55.7 Å². The van der Waals surface area contributed by atoms with Crippen molar-refractivity contribution < 1.29 is 20.1 Å². The minimum atomic E-state index is -2.80. The SMILES string of the molecule is [B]C([B])([B])N(CCC(O)c1cccc(OCC2CCCCC2)c1)C([B])(O)O. The maximum Gasteiger partial charge on any atom is 0.178 e. The Kier molecular flexibility index (Phi) is 7.93. The predicted octanol–water partition coefficient (Wildman–Crippen LogP) is 0.252. The van der Waals surface area contributed by atoms with Crippen LogP contribution < -0.4 is 4.74 Å².